The Kier molecular flexibility index (Phi) is 6.50. The zero-order chi connectivity index (χ0) is 20.9. The molecule has 1 amide bonds. The number of amides is 1. The lowest BCUT2D eigenvalue weighted by Crippen LogP contribution is -2.19. The van der Waals surface area contributed by atoms with Crippen molar-refractivity contribution in [1.82, 2.24) is 0 Å². The molecule has 0 heterocycles. The second-order valence-corrected chi connectivity index (χ2v) is 7.92. The van der Waals surface area contributed by atoms with Crippen LogP contribution in [-0.4, -0.2) is 20.1 Å². The van der Waals surface area contributed by atoms with Crippen LogP contribution in [0.4, 0.5) is 18.9 Å². The number of hydrogen-bond donors (Lipinski definition) is 2. The van der Waals surface area contributed by atoms with E-state index in [-0.39, 0.29) is 5.75 Å². The number of benzene rings is 2. The van der Waals surface area contributed by atoms with Crippen LogP contribution in [-0.2, 0) is 21.0 Å². The SMILES string of the molecule is CC(C(N)=O)c1ccc(NS(=O)(=O)CC=Cc2ccc(C(F)(F)F)cc2)cc1. The molecular formula is C19H19F3N2O3S. The molecule has 28 heavy (non-hydrogen) atoms. The van der Waals surface area contributed by atoms with Gasteiger partial charge >= 0.3 is 6.18 Å². The van der Waals surface area contributed by atoms with E-state index in [4.69, 9.17) is 5.73 Å². The first-order valence-electron chi connectivity index (χ1n) is 8.21. The lowest BCUT2D eigenvalue weighted by atomic mass is 10.0. The molecule has 0 bridgehead atoms. The van der Waals surface area contributed by atoms with Crippen molar-refractivity contribution in [3.05, 3.63) is 71.3 Å². The molecule has 2 rings (SSSR count). The zero-order valence-corrected chi connectivity index (χ0v) is 15.7. The van der Waals surface area contributed by atoms with Gasteiger partial charge in [-0.05, 0) is 42.3 Å². The van der Waals surface area contributed by atoms with Gasteiger partial charge in [0.05, 0.1) is 17.2 Å². The zero-order valence-electron chi connectivity index (χ0n) is 14.9. The third-order valence-electron chi connectivity index (χ3n) is 3.97. The number of hydrogen-bond acceptors (Lipinski definition) is 3. The van der Waals surface area contributed by atoms with E-state index < -0.39 is 33.6 Å². The molecule has 0 saturated carbocycles. The minimum Gasteiger partial charge on any atom is -0.369 e. The maximum Gasteiger partial charge on any atom is 0.416 e. The summed E-state index contributed by atoms with van der Waals surface area (Å²) in [5, 5.41) is 0. The number of alkyl halides is 3. The average molecular weight is 412 g/mol. The van der Waals surface area contributed by atoms with Gasteiger partial charge in [0.25, 0.3) is 0 Å². The number of carbonyl (C=O) groups is 1. The van der Waals surface area contributed by atoms with Gasteiger partial charge in [0.15, 0.2) is 0 Å². The van der Waals surface area contributed by atoms with Crippen LogP contribution in [0, 0.1) is 0 Å². The minimum atomic E-state index is -4.42. The molecule has 5 nitrogen and oxygen atoms in total. The second kappa shape index (κ2) is 8.47. The van der Waals surface area contributed by atoms with Gasteiger partial charge in [-0.25, -0.2) is 8.42 Å². The standard InChI is InChI=1S/C19H19F3N2O3S/c1-13(18(23)25)15-6-10-17(11-7-15)24-28(26,27)12-2-3-14-4-8-16(9-5-14)19(20,21)22/h2-11,13,24H,12H2,1H3,(H2,23,25). The Morgan fingerprint density at radius 2 is 1.68 bits per heavy atom. The Morgan fingerprint density at radius 3 is 2.18 bits per heavy atom. The topological polar surface area (TPSA) is 89.3 Å². The number of carbonyl (C=O) groups excluding carboxylic acids is 1. The van der Waals surface area contributed by atoms with Crippen LogP contribution in [0.2, 0.25) is 0 Å². The Labute approximate surface area is 161 Å². The van der Waals surface area contributed by atoms with E-state index in [2.05, 4.69) is 4.72 Å². The highest BCUT2D eigenvalue weighted by atomic mass is 32.2. The molecule has 0 radical (unpaired) electrons. The highest BCUT2D eigenvalue weighted by molar-refractivity contribution is 7.92. The minimum absolute atomic E-state index is 0.323. The lowest BCUT2D eigenvalue weighted by molar-refractivity contribution is -0.137. The van der Waals surface area contributed by atoms with Crippen LogP contribution in [0.15, 0.2) is 54.6 Å². The van der Waals surface area contributed by atoms with Crippen LogP contribution < -0.4 is 10.5 Å². The molecule has 9 heteroatoms. The Bertz CT molecular complexity index is 951. The number of nitrogens with two attached hydrogens (primary N) is 1. The van der Waals surface area contributed by atoms with Gasteiger partial charge in [0.1, 0.15) is 0 Å². The molecule has 0 saturated heterocycles. The summed E-state index contributed by atoms with van der Waals surface area (Å²) in [5.74, 6) is -1.33. The normalized spacial score (nSPS) is 13.4. The number of sulfonamides is 1. The highest BCUT2D eigenvalue weighted by Crippen LogP contribution is 2.29. The van der Waals surface area contributed by atoms with Crippen LogP contribution in [0.3, 0.4) is 0 Å². The molecule has 2 aromatic carbocycles. The fourth-order valence-corrected chi connectivity index (χ4v) is 3.25. The summed E-state index contributed by atoms with van der Waals surface area (Å²) in [6, 6.07) is 10.6. The molecule has 0 aliphatic carbocycles. The maximum atomic E-state index is 12.5. The van der Waals surface area contributed by atoms with E-state index in [9.17, 15) is 26.4 Å². The number of anilines is 1. The van der Waals surface area contributed by atoms with Crippen molar-refractivity contribution in [3.63, 3.8) is 0 Å². The van der Waals surface area contributed by atoms with E-state index in [0.29, 0.717) is 16.8 Å². The third kappa shape index (κ3) is 6.12. The van der Waals surface area contributed by atoms with Crippen LogP contribution in [0.5, 0.6) is 0 Å². The average Bonchev–Trinajstić information content (AvgIpc) is 2.61. The summed E-state index contributed by atoms with van der Waals surface area (Å²) in [4.78, 5) is 11.2. The molecule has 0 aliphatic rings. The van der Waals surface area contributed by atoms with E-state index in [1.165, 1.54) is 36.4 Å². The molecule has 150 valence electrons. The lowest BCUT2D eigenvalue weighted by Gasteiger charge is -2.10. The first-order valence-corrected chi connectivity index (χ1v) is 9.87. The van der Waals surface area contributed by atoms with Crippen molar-refractivity contribution in [3.8, 4) is 0 Å². The number of nitrogens with one attached hydrogen (secondary N) is 1. The fraction of sp³-hybridized carbons (Fsp3) is 0.211. The Balaban J connectivity index is 1.98. The van der Waals surface area contributed by atoms with E-state index in [0.717, 1.165) is 12.1 Å². The van der Waals surface area contributed by atoms with Crippen LogP contribution >= 0.6 is 0 Å². The Morgan fingerprint density at radius 1 is 1.11 bits per heavy atom. The van der Waals surface area contributed by atoms with Crippen molar-refractivity contribution >= 4 is 27.7 Å². The Hall–Kier alpha value is -2.81. The summed E-state index contributed by atoms with van der Waals surface area (Å²) in [5.41, 5.74) is 5.89. The van der Waals surface area contributed by atoms with Crippen LogP contribution in [0.25, 0.3) is 6.08 Å². The first-order chi connectivity index (χ1) is 13.0. The van der Waals surface area contributed by atoms with Gasteiger partial charge in [-0.1, -0.05) is 36.4 Å². The number of halogens is 3. The van der Waals surface area contributed by atoms with Crippen molar-refractivity contribution in [1.29, 1.82) is 0 Å². The van der Waals surface area contributed by atoms with Crippen molar-refractivity contribution in [2.24, 2.45) is 5.73 Å². The van der Waals surface area contributed by atoms with Crippen molar-refractivity contribution < 1.29 is 26.4 Å². The highest BCUT2D eigenvalue weighted by Gasteiger charge is 2.29. The largest absolute Gasteiger partial charge is 0.416 e. The quantitative estimate of drug-likeness (QED) is 0.726. The molecule has 0 aliphatic heterocycles. The summed E-state index contributed by atoms with van der Waals surface area (Å²) >= 11 is 0. The van der Waals surface area contributed by atoms with E-state index >= 15 is 0 Å². The van der Waals surface area contributed by atoms with Crippen molar-refractivity contribution in [2.45, 2.75) is 19.0 Å². The summed E-state index contributed by atoms with van der Waals surface area (Å²) < 4.78 is 64.2. The molecule has 0 spiro atoms. The van der Waals surface area contributed by atoms with Gasteiger partial charge in [-0.15, -0.1) is 0 Å². The van der Waals surface area contributed by atoms with Crippen LogP contribution in [0.1, 0.15) is 29.5 Å². The smallest absolute Gasteiger partial charge is 0.369 e. The molecule has 0 aromatic heterocycles. The predicted octanol–water partition coefficient (Wildman–Crippen LogP) is 3.75. The summed E-state index contributed by atoms with van der Waals surface area (Å²) in [6.07, 6.45) is -1.65. The molecule has 3 N–H and O–H groups in total. The molecule has 0 fully saturated rings. The molecular weight excluding hydrogens is 393 g/mol. The van der Waals surface area contributed by atoms with Gasteiger partial charge < -0.3 is 5.73 Å². The van der Waals surface area contributed by atoms with Gasteiger partial charge in [0.2, 0.25) is 15.9 Å². The second-order valence-electron chi connectivity index (χ2n) is 6.15. The number of rotatable bonds is 7. The third-order valence-corrected chi connectivity index (χ3v) is 5.15. The van der Waals surface area contributed by atoms with E-state index in [1.54, 1.807) is 19.1 Å². The van der Waals surface area contributed by atoms with Gasteiger partial charge in [-0.3, -0.25) is 9.52 Å². The monoisotopic (exact) mass is 412 g/mol. The number of primary amides is 1. The molecule has 1 atom stereocenters. The summed E-state index contributed by atoms with van der Waals surface area (Å²) in [6.45, 7) is 1.65. The van der Waals surface area contributed by atoms with Gasteiger partial charge in [-0.2, -0.15) is 13.2 Å². The fourth-order valence-electron chi connectivity index (χ4n) is 2.32. The maximum absolute atomic E-state index is 12.5. The van der Waals surface area contributed by atoms with Crippen molar-refractivity contribution in [2.75, 3.05) is 10.5 Å². The molecule has 2 aromatic rings. The molecule has 1 unspecified atom stereocenters. The van der Waals surface area contributed by atoms with Gasteiger partial charge in [0, 0.05) is 5.69 Å². The first kappa shape index (κ1) is 21.5. The predicted molar refractivity (Wildman–Crippen MR) is 102 cm³/mol. The summed E-state index contributed by atoms with van der Waals surface area (Å²) in [7, 11) is -3.69. The van der Waals surface area contributed by atoms with E-state index in [1.807, 2.05) is 0 Å².